The summed E-state index contributed by atoms with van der Waals surface area (Å²) in [5.41, 5.74) is -0.127. The number of aromatic nitrogens is 2. The number of aromatic amines is 1. The Kier molecular flexibility index (Phi) is 3.78. The second-order valence-electron chi connectivity index (χ2n) is 4.56. The molecule has 1 aromatic rings. The van der Waals surface area contributed by atoms with Crippen LogP contribution in [0.25, 0.3) is 0 Å². The van der Waals surface area contributed by atoms with E-state index in [1.807, 2.05) is 6.92 Å². The van der Waals surface area contributed by atoms with Crippen LogP contribution < -0.4 is 10.9 Å². The monoisotopic (exact) mass is 237 g/mol. The second-order valence-corrected chi connectivity index (χ2v) is 4.56. The van der Waals surface area contributed by atoms with Gasteiger partial charge in [-0.3, -0.25) is 4.79 Å². The number of hydrogen-bond donors (Lipinski definition) is 3. The average molecular weight is 237 g/mol. The molecule has 94 valence electrons. The lowest BCUT2D eigenvalue weighted by Gasteiger charge is -2.19. The number of H-pyrrole nitrogens is 1. The van der Waals surface area contributed by atoms with Crippen molar-refractivity contribution in [1.29, 1.82) is 0 Å². The summed E-state index contributed by atoms with van der Waals surface area (Å²) in [6, 6.07) is 1.71. The Morgan fingerprint density at radius 1 is 1.59 bits per heavy atom. The van der Waals surface area contributed by atoms with Crippen LogP contribution in [0.4, 0.5) is 5.82 Å². The molecule has 0 amide bonds. The lowest BCUT2D eigenvalue weighted by molar-refractivity contribution is 0.222. The molecule has 5 heteroatoms. The molecular weight excluding hydrogens is 218 g/mol. The minimum absolute atomic E-state index is 0.127. The average Bonchev–Trinajstić information content (AvgIpc) is 2.75. The zero-order valence-electron chi connectivity index (χ0n) is 10.1. The molecule has 1 saturated carbocycles. The van der Waals surface area contributed by atoms with Gasteiger partial charge in [-0.25, -0.2) is 4.98 Å². The van der Waals surface area contributed by atoms with E-state index in [2.05, 4.69) is 15.3 Å². The summed E-state index contributed by atoms with van der Waals surface area (Å²) in [6.45, 7) is 2.15. The fraction of sp³-hybridized carbons (Fsp3) is 0.667. The lowest BCUT2D eigenvalue weighted by Crippen LogP contribution is -2.28. The van der Waals surface area contributed by atoms with Crippen LogP contribution in [0, 0.1) is 5.92 Å². The largest absolute Gasteiger partial charge is 0.396 e. The summed E-state index contributed by atoms with van der Waals surface area (Å²) in [5, 5.41) is 12.5. The van der Waals surface area contributed by atoms with Crippen molar-refractivity contribution >= 4 is 5.82 Å². The van der Waals surface area contributed by atoms with E-state index >= 15 is 0 Å². The van der Waals surface area contributed by atoms with Crippen LogP contribution in [0.5, 0.6) is 0 Å². The van der Waals surface area contributed by atoms with Crippen molar-refractivity contribution < 1.29 is 5.11 Å². The van der Waals surface area contributed by atoms with E-state index in [1.54, 1.807) is 0 Å². The second kappa shape index (κ2) is 5.31. The van der Waals surface area contributed by atoms with Crippen LogP contribution in [-0.4, -0.2) is 27.7 Å². The van der Waals surface area contributed by atoms with Gasteiger partial charge in [0.25, 0.3) is 5.56 Å². The Labute approximate surface area is 100 Å². The van der Waals surface area contributed by atoms with Gasteiger partial charge in [-0.15, -0.1) is 0 Å². The maximum absolute atomic E-state index is 11.4. The molecule has 2 rings (SSSR count). The molecule has 0 aliphatic heterocycles. The Morgan fingerprint density at radius 2 is 2.41 bits per heavy atom. The molecule has 1 fully saturated rings. The third-order valence-corrected chi connectivity index (χ3v) is 3.35. The van der Waals surface area contributed by atoms with Crippen LogP contribution in [-0.2, 0) is 6.42 Å². The molecule has 0 aromatic carbocycles. The molecular formula is C12H19N3O2. The zero-order chi connectivity index (χ0) is 12.3. The highest BCUT2D eigenvalue weighted by Crippen LogP contribution is 2.27. The van der Waals surface area contributed by atoms with Crippen LogP contribution in [0.2, 0.25) is 0 Å². The number of nitrogens with zero attached hydrogens (tertiary/aromatic N) is 1. The van der Waals surface area contributed by atoms with Gasteiger partial charge in [-0.2, -0.15) is 0 Å². The van der Waals surface area contributed by atoms with Gasteiger partial charge in [-0.05, 0) is 12.8 Å². The summed E-state index contributed by atoms with van der Waals surface area (Å²) in [7, 11) is 0. The van der Waals surface area contributed by atoms with E-state index < -0.39 is 0 Å². The van der Waals surface area contributed by atoms with Crippen molar-refractivity contribution in [3.8, 4) is 0 Å². The molecule has 1 heterocycles. The summed E-state index contributed by atoms with van der Waals surface area (Å²) >= 11 is 0. The van der Waals surface area contributed by atoms with E-state index in [9.17, 15) is 9.90 Å². The van der Waals surface area contributed by atoms with Crippen LogP contribution >= 0.6 is 0 Å². The molecule has 17 heavy (non-hydrogen) atoms. The predicted octanol–water partition coefficient (Wildman–Crippen LogP) is 0.905. The number of nitrogens with one attached hydrogen (secondary N) is 2. The highest BCUT2D eigenvalue weighted by molar-refractivity contribution is 5.35. The van der Waals surface area contributed by atoms with Gasteiger partial charge >= 0.3 is 0 Å². The molecule has 0 radical (unpaired) electrons. The summed E-state index contributed by atoms with van der Waals surface area (Å²) in [6.07, 6.45) is 3.89. The SMILES string of the molecule is CCc1nc(NC2CCCC2CO)cc(=O)[nH]1. The Balaban J connectivity index is 2.12. The third-order valence-electron chi connectivity index (χ3n) is 3.35. The summed E-state index contributed by atoms with van der Waals surface area (Å²) < 4.78 is 0. The Hall–Kier alpha value is -1.36. The predicted molar refractivity (Wildman–Crippen MR) is 66.1 cm³/mol. The molecule has 2 atom stereocenters. The smallest absolute Gasteiger partial charge is 0.252 e. The maximum Gasteiger partial charge on any atom is 0.252 e. The topological polar surface area (TPSA) is 78.0 Å². The summed E-state index contributed by atoms with van der Waals surface area (Å²) in [5.74, 6) is 1.59. The van der Waals surface area contributed by atoms with Crippen molar-refractivity contribution in [3.63, 3.8) is 0 Å². The first kappa shape index (κ1) is 12.1. The molecule has 1 aliphatic carbocycles. The molecule has 0 bridgehead atoms. The fourth-order valence-corrected chi connectivity index (χ4v) is 2.38. The molecule has 0 saturated heterocycles. The van der Waals surface area contributed by atoms with Crippen LogP contribution in [0.1, 0.15) is 32.0 Å². The van der Waals surface area contributed by atoms with E-state index in [0.29, 0.717) is 18.1 Å². The van der Waals surface area contributed by atoms with Gasteiger partial charge in [0.2, 0.25) is 0 Å². The molecule has 5 nitrogen and oxygen atoms in total. The first-order valence-corrected chi connectivity index (χ1v) is 6.20. The molecule has 1 aliphatic rings. The zero-order valence-corrected chi connectivity index (χ0v) is 10.1. The van der Waals surface area contributed by atoms with Gasteiger partial charge in [-0.1, -0.05) is 13.3 Å². The molecule has 1 aromatic heterocycles. The molecule has 2 unspecified atom stereocenters. The van der Waals surface area contributed by atoms with Crippen LogP contribution in [0.3, 0.4) is 0 Å². The van der Waals surface area contributed by atoms with Crippen LogP contribution in [0.15, 0.2) is 10.9 Å². The lowest BCUT2D eigenvalue weighted by atomic mass is 10.1. The summed E-state index contributed by atoms with van der Waals surface area (Å²) in [4.78, 5) is 18.4. The minimum Gasteiger partial charge on any atom is -0.396 e. The normalized spacial score (nSPS) is 23.9. The van der Waals surface area contributed by atoms with Crippen molar-refractivity contribution in [3.05, 3.63) is 22.2 Å². The van der Waals surface area contributed by atoms with E-state index in [4.69, 9.17) is 0 Å². The van der Waals surface area contributed by atoms with E-state index in [-0.39, 0.29) is 24.1 Å². The van der Waals surface area contributed by atoms with Gasteiger partial charge in [0.15, 0.2) is 0 Å². The number of aryl methyl sites for hydroxylation is 1. The van der Waals surface area contributed by atoms with Crippen molar-refractivity contribution in [2.24, 2.45) is 5.92 Å². The third kappa shape index (κ3) is 2.85. The standard InChI is InChI=1S/C12H19N3O2/c1-2-10-14-11(6-12(17)15-10)13-9-5-3-4-8(9)7-16/h6,8-9,16H,2-5,7H2,1H3,(H2,13,14,15,17). The Bertz CT molecular complexity index is 430. The Morgan fingerprint density at radius 3 is 3.12 bits per heavy atom. The number of hydrogen-bond acceptors (Lipinski definition) is 4. The van der Waals surface area contributed by atoms with Gasteiger partial charge in [0, 0.05) is 31.1 Å². The molecule has 0 spiro atoms. The quantitative estimate of drug-likeness (QED) is 0.727. The number of rotatable bonds is 4. The number of aliphatic hydroxyl groups is 1. The highest BCUT2D eigenvalue weighted by Gasteiger charge is 2.26. The number of aliphatic hydroxyl groups excluding tert-OH is 1. The fourth-order valence-electron chi connectivity index (χ4n) is 2.38. The number of anilines is 1. The van der Waals surface area contributed by atoms with Crippen molar-refractivity contribution in [2.45, 2.75) is 38.6 Å². The minimum atomic E-state index is -0.127. The van der Waals surface area contributed by atoms with E-state index in [0.717, 1.165) is 19.3 Å². The first-order chi connectivity index (χ1) is 8.22. The molecule has 3 N–H and O–H groups in total. The van der Waals surface area contributed by atoms with Crippen molar-refractivity contribution in [2.75, 3.05) is 11.9 Å². The van der Waals surface area contributed by atoms with E-state index in [1.165, 1.54) is 6.07 Å². The van der Waals surface area contributed by atoms with Gasteiger partial charge < -0.3 is 15.4 Å². The van der Waals surface area contributed by atoms with Gasteiger partial charge in [0.1, 0.15) is 11.6 Å². The maximum atomic E-state index is 11.4. The highest BCUT2D eigenvalue weighted by atomic mass is 16.3. The van der Waals surface area contributed by atoms with Gasteiger partial charge in [0.05, 0.1) is 0 Å². The first-order valence-electron chi connectivity index (χ1n) is 6.20. The van der Waals surface area contributed by atoms with Crippen molar-refractivity contribution in [1.82, 2.24) is 9.97 Å².